The van der Waals surface area contributed by atoms with Crippen molar-refractivity contribution < 1.29 is 32.2 Å². The van der Waals surface area contributed by atoms with E-state index in [0.717, 1.165) is 6.42 Å². The second kappa shape index (κ2) is 9.80. The minimum absolute atomic E-state index is 0.0235. The molecule has 1 amide bonds. The van der Waals surface area contributed by atoms with Crippen LogP contribution in [0.2, 0.25) is 0 Å². The summed E-state index contributed by atoms with van der Waals surface area (Å²) >= 11 is 0. The van der Waals surface area contributed by atoms with Gasteiger partial charge in [-0.2, -0.15) is 4.31 Å². The Morgan fingerprint density at radius 3 is 2.48 bits per heavy atom. The Hall–Kier alpha value is -3.11. The van der Waals surface area contributed by atoms with Crippen molar-refractivity contribution in [3.05, 3.63) is 53.6 Å². The first-order valence-corrected chi connectivity index (χ1v) is 12.2. The van der Waals surface area contributed by atoms with Crippen LogP contribution >= 0.6 is 0 Å². The first-order chi connectivity index (χ1) is 15.8. The summed E-state index contributed by atoms with van der Waals surface area (Å²) in [7, 11) is -3.72. The highest BCUT2D eigenvalue weighted by atomic mass is 32.2. The van der Waals surface area contributed by atoms with E-state index in [-0.39, 0.29) is 36.5 Å². The fraction of sp³-hybridized carbons (Fsp3) is 0.391. The Bertz CT molecular complexity index is 1140. The fourth-order valence-corrected chi connectivity index (χ4v) is 5.36. The van der Waals surface area contributed by atoms with Crippen LogP contribution in [0.1, 0.15) is 35.2 Å². The maximum absolute atomic E-state index is 13.1. The molecule has 0 spiro atoms. The molecule has 4 rings (SSSR count). The summed E-state index contributed by atoms with van der Waals surface area (Å²) in [5.41, 5.74) is 6.28. The van der Waals surface area contributed by atoms with E-state index >= 15 is 0 Å². The van der Waals surface area contributed by atoms with Gasteiger partial charge in [0.15, 0.2) is 11.5 Å². The number of sulfonamides is 1. The van der Waals surface area contributed by atoms with Gasteiger partial charge in [-0.05, 0) is 42.7 Å². The van der Waals surface area contributed by atoms with E-state index in [1.165, 1.54) is 16.4 Å². The second-order valence-corrected chi connectivity index (χ2v) is 9.95. The lowest BCUT2D eigenvalue weighted by Gasteiger charge is -2.30. The van der Waals surface area contributed by atoms with Gasteiger partial charge in [0, 0.05) is 31.1 Å². The topological polar surface area (TPSA) is 125 Å². The van der Waals surface area contributed by atoms with Gasteiger partial charge in [-0.3, -0.25) is 9.59 Å². The number of carbonyl (C=O) groups is 2. The van der Waals surface area contributed by atoms with Crippen LogP contribution in [0.15, 0.2) is 47.4 Å². The molecule has 1 fully saturated rings. The first kappa shape index (κ1) is 23.1. The van der Waals surface area contributed by atoms with Crippen LogP contribution in [0, 0.1) is 5.92 Å². The summed E-state index contributed by atoms with van der Waals surface area (Å²) in [4.78, 5) is 23.9. The molecule has 2 aliphatic heterocycles. The van der Waals surface area contributed by atoms with Gasteiger partial charge in [0.05, 0.1) is 24.0 Å². The van der Waals surface area contributed by atoms with Gasteiger partial charge >= 0.3 is 5.97 Å². The van der Waals surface area contributed by atoms with E-state index in [4.69, 9.17) is 19.9 Å². The molecule has 33 heavy (non-hydrogen) atoms. The quantitative estimate of drug-likeness (QED) is 0.636. The summed E-state index contributed by atoms with van der Waals surface area (Å²) in [6.07, 6.45) is 1.46. The number of ether oxygens (including phenoxy) is 3. The van der Waals surface area contributed by atoms with Gasteiger partial charge in [-0.1, -0.05) is 12.1 Å². The number of nitrogens with zero attached hydrogens (tertiary/aromatic N) is 1. The predicted octanol–water partition coefficient (Wildman–Crippen LogP) is 2.09. The number of fused-ring (bicyclic) bond motifs is 1. The summed E-state index contributed by atoms with van der Waals surface area (Å²) in [6.45, 7) is 1.45. The van der Waals surface area contributed by atoms with Crippen LogP contribution in [0.25, 0.3) is 0 Å². The van der Waals surface area contributed by atoms with E-state index in [9.17, 15) is 18.0 Å². The number of amides is 1. The standard InChI is InChI=1S/C23H26N2O7S/c24-22(26)18-4-1-3-16(13-18)15-32-23(27)17-7-9-25(10-8-17)33(28,29)19-5-6-20-21(14-19)31-12-2-11-30-20/h1,3-6,13-14,17H,2,7-12,15H2,(H2,24,26). The van der Waals surface area contributed by atoms with E-state index < -0.39 is 15.9 Å². The summed E-state index contributed by atoms with van der Waals surface area (Å²) in [5.74, 6) is -0.362. The smallest absolute Gasteiger partial charge is 0.309 e. The van der Waals surface area contributed by atoms with Crippen molar-refractivity contribution in [1.82, 2.24) is 4.31 Å². The van der Waals surface area contributed by atoms with Crippen molar-refractivity contribution in [1.29, 1.82) is 0 Å². The Morgan fingerprint density at radius 2 is 1.76 bits per heavy atom. The number of hydrogen-bond acceptors (Lipinski definition) is 7. The molecule has 0 radical (unpaired) electrons. The summed E-state index contributed by atoms with van der Waals surface area (Å²) in [6, 6.07) is 11.2. The van der Waals surface area contributed by atoms with Crippen LogP contribution in [0.4, 0.5) is 0 Å². The largest absolute Gasteiger partial charge is 0.490 e. The third-order valence-corrected chi connectivity index (χ3v) is 7.63. The number of nitrogens with two attached hydrogens (primary N) is 1. The predicted molar refractivity (Wildman–Crippen MR) is 118 cm³/mol. The summed E-state index contributed by atoms with van der Waals surface area (Å²) in [5, 5.41) is 0. The molecular weight excluding hydrogens is 448 g/mol. The van der Waals surface area contributed by atoms with Crippen molar-refractivity contribution in [3.8, 4) is 11.5 Å². The maximum Gasteiger partial charge on any atom is 0.309 e. The number of esters is 1. The zero-order chi connectivity index (χ0) is 23.4. The van der Waals surface area contributed by atoms with Crippen LogP contribution in [-0.4, -0.2) is 50.9 Å². The highest BCUT2D eigenvalue weighted by Crippen LogP contribution is 2.34. The molecule has 0 saturated carbocycles. The van der Waals surface area contributed by atoms with Crippen LogP contribution < -0.4 is 15.2 Å². The lowest BCUT2D eigenvalue weighted by molar-refractivity contribution is -0.151. The number of carbonyl (C=O) groups excluding carboxylic acids is 2. The zero-order valence-electron chi connectivity index (χ0n) is 18.1. The SMILES string of the molecule is NC(=O)c1cccc(COC(=O)C2CCN(S(=O)(=O)c3ccc4c(c3)OCCCO4)CC2)c1. The van der Waals surface area contributed by atoms with Crippen LogP contribution in [0.3, 0.4) is 0 Å². The van der Waals surface area contributed by atoms with Gasteiger partial charge in [-0.15, -0.1) is 0 Å². The average molecular weight is 475 g/mol. The Balaban J connectivity index is 1.34. The molecule has 2 aliphatic rings. The van der Waals surface area contributed by atoms with Crippen LogP contribution in [-0.2, 0) is 26.2 Å². The number of primary amides is 1. The molecule has 2 N–H and O–H groups in total. The number of rotatable bonds is 6. The minimum Gasteiger partial charge on any atom is -0.490 e. The minimum atomic E-state index is -3.72. The van der Waals surface area contributed by atoms with Gasteiger partial charge in [0.25, 0.3) is 0 Å². The number of piperidine rings is 1. The molecule has 176 valence electrons. The van der Waals surface area contributed by atoms with E-state index in [2.05, 4.69) is 0 Å². The van der Waals surface area contributed by atoms with Crippen LogP contribution in [0.5, 0.6) is 11.5 Å². The summed E-state index contributed by atoms with van der Waals surface area (Å²) < 4.78 is 44.2. The van der Waals surface area contributed by atoms with Gasteiger partial charge < -0.3 is 19.9 Å². The number of benzene rings is 2. The van der Waals surface area contributed by atoms with Gasteiger partial charge in [0.1, 0.15) is 6.61 Å². The Labute approximate surface area is 192 Å². The van der Waals surface area contributed by atoms with Crippen molar-refractivity contribution in [2.24, 2.45) is 11.7 Å². The molecule has 1 saturated heterocycles. The van der Waals surface area contributed by atoms with Gasteiger partial charge in [-0.25, -0.2) is 8.42 Å². The molecule has 0 bridgehead atoms. The average Bonchev–Trinajstić information content (AvgIpc) is 3.07. The highest BCUT2D eigenvalue weighted by molar-refractivity contribution is 7.89. The molecule has 0 unspecified atom stereocenters. The molecule has 2 aromatic rings. The monoisotopic (exact) mass is 474 g/mol. The lowest BCUT2D eigenvalue weighted by Crippen LogP contribution is -2.40. The maximum atomic E-state index is 13.1. The van der Waals surface area contributed by atoms with Crippen molar-refractivity contribution in [2.45, 2.75) is 30.8 Å². The number of hydrogen-bond donors (Lipinski definition) is 1. The first-order valence-electron chi connectivity index (χ1n) is 10.8. The van der Waals surface area contributed by atoms with E-state index in [1.807, 2.05) is 0 Å². The lowest BCUT2D eigenvalue weighted by atomic mass is 9.98. The molecular formula is C23H26N2O7S. The van der Waals surface area contributed by atoms with Crippen molar-refractivity contribution in [3.63, 3.8) is 0 Å². The van der Waals surface area contributed by atoms with Crippen molar-refractivity contribution >= 4 is 21.9 Å². The second-order valence-electron chi connectivity index (χ2n) is 8.01. The third-order valence-electron chi connectivity index (χ3n) is 5.74. The van der Waals surface area contributed by atoms with Gasteiger partial charge in [0.2, 0.25) is 15.9 Å². The molecule has 10 heteroatoms. The molecule has 0 aromatic heterocycles. The fourth-order valence-electron chi connectivity index (χ4n) is 3.87. The Kier molecular flexibility index (Phi) is 6.85. The van der Waals surface area contributed by atoms with E-state index in [1.54, 1.807) is 30.3 Å². The zero-order valence-corrected chi connectivity index (χ0v) is 18.9. The molecule has 9 nitrogen and oxygen atoms in total. The molecule has 2 aromatic carbocycles. The molecule has 0 atom stereocenters. The van der Waals surface area contributed by atoms with Crippen molar-refractivity contribution in [2.75, 3.05) is 26.3 Å². The Morgan fingerprint density at radius 1 is 1.03 bits per heavy atom. The molecule has 2 heterocycles. The van der Waals surface area contributed by atoms with E-state index in [0.29, 0.717) is 48.7 Å². The normalized spacial score (nSPS) is 17.2. The highest BCUT2D eigenvalue weighted by Gasteiger charge is 2.33. The molecule has 0 aliphatic carbocycles. The third kappa shape index (κ3) is 5.28.